The van der Waals surface area contributed by atoms with E-state index in [9.17, 15) is 0 Å². The first-order valence-electron chi connectivity index (χ1n) is 6.03. The maximum absolute atomic E-state index is 4.14. The first kappa shape index (κ1) is 10.8. The van der Waals surface area contributed by atoms with Crippen LogP contribution in [0, 0.1) is 0 Å². The zero-order chi connectivity index (χ0) is 12.2. The van der Waals surface area contributed by atoms with E-state index in [-0.39, 0.29) is 0 Å². The van der Waals surface area contributed by atoms with Crippen LogP contribution in [0.1, 0.15) is 18.4 Å². The third-order valence-electron chi connectivity index (χ3n) is 2.96. The second kappa shape index (κ2) is 4.92. The van der Waals surface area contributed by atoms with Gasteiger partial charge in [-0.15, -0.1) is 0 Å². The highest BCUT2D eigenvalue weighted by Crippen LogP contribution is 2.23. The van der Waals surface area contributed by atoms with Gasteiger partial charge in [-0.05, 0) is 24.0 Å². The second-order valence-corrected chi connectivity index (χ2v) is 4.18. The standard InChI is InChI=1S/C15H13N3/c1-2-4-12(5-3-1)13-6-8-14(9-7-13)15-17-10-16-11-18-15/h2,4-11H,1,3H2. The van der Waals surface area contributed by atoms with Gasteiger partial charge in [-0.3, -0.25) is 0 Å². The molecule has 1 heterocycles. The molecule has 0 saturated heterocycles. The van der Waals surface area contributed by atoms with E-state index in [0.29, 0.717) is 5.82 Å². The fourth-order valence-corrected chi connectivity index (χ4v) is 2.03. The summed E-state index contributed by atoms with van der Waals surface area (Å²) < 4.78 is 0. The molecule has 3 nitrogen and oxygen atoms in total. The smallest absolute Gasteiger partial charge is 0.162 e. The van der Waals surface area contributed by atoms with Crippen molar-refractivity contribution >= 4 is 5.57 Å². The molecule has 0 radical (unpaired) electrons. The zero-order valence-corrected chi connectivity index (χ0v) is 9.95. The lowest BCUT2D eigenvalue weighted by Crippen LogP contribution is -1.90. The molecule has 0 bridgehead atoms. The molecule has 0 atom stereocenters. The fraction of sp³-hybridized carbons (Fsp3) is 0.133. The van der Waals surface area contributed by atoms with Crippen LogP contribution in [0.4, 0.5) is 0 Å². The summed E-state index contributed by atoms with van der Waals surface area (Å²) in [6, 6.07) is 8.32. The quantitative estimate of drug-likeness (QED) is 0.801. The number of hydrogen-bond donors (Lipinski definition) is 0. The van der Waals surface area contributed by atoms with Crippen LogP contribution in [-0.2, 0) is 0 Å². The van der Waals surface area contributed by atoms with E-state index in [1.165, 1.54) is 23.8 Å². The Labute approximate surface area is 106 Å². The average Bonchev–Trinajstić information content (AvgIpc) is 2.49. The summed E-state index contributed by atoms with van der Waals surface area (Å²) in [6.45, 7) is 0. The summed E-state index contributed by atoms with van der Waals surface area (Å²) in [5.74, 6) is 0.713. The van der Waals surface area contributed by atoms with Gasteiger partial charge in [0.25, 0.3) is 0 Å². The highest BCUT2D eigenvalue weighted by Gasteiger charge is 2.03. The Morgan fingerprint density at radius 2 is 1.56 bits per heavy atom. The first-order chi connectivity index (χ1) is 8.93. The van der Waals surface area contributed by atoms with Gasteiger partial charge in [-0.25, -0.2) is 15.0 Å². The number of benzene rings is 1. The largest absolute Gasteiger partial charge is 0.225 e. The van der Waals surface area contributed by atoms with Gasteiger partial charge < -0.3 is 0 Å². The molecule has 0 saturated carbocycles. The summed E-state index contributed by atoms with van der Waals surface area (Å²) in [4.78, 5) is 12.1. The molecule has 0 unspecified atom stereocenters. The van der Waals surface area contributed by atoms with Crippen molar-refractivity contribution < 1.29 is 0 Å². The molecule has 3 heteroatoms. The number of allylic oxidation sites excluding steroid dienone is 4. The van der Waals surface area contributed by atoms with E-state index in [2.05, 4.69) is 45.3 Å². The first-order valence-corrected chi connectivity index (χ1v) is 6.03. The summed E-state index contributed by atoms with van der Waals surface area (Å²) in [5, 5.41) is 0. The summed E-state index contributed by atoms with van der Waals surface area (Å²) >= 11 is 0. The molecular weight excluding hydrogens is 222 g/mol. The Hall–Kier alpha value is -2.29. The van der Waals surface area contributed by atoms with E-state index in [1.54, 1.807) is 0 Å². The summed E-state index contributed by atoms with van der Waals surface area (Å²) in [7, 11) is 0. The average molecular weight is 235 g/mol. The maximum Gasteiger partial charge on any atom is 0.162 e. The Morgan fingerprint density at radius 1 is 0.833 bits per heavy atom. The fourth-order valence-electron chi connectivity index (χ4n) is 2.03. The minimum absolute atomic E-state index is 0.713. The molecular formula is C15H13N3. The maximum atomic E-state index is 4.14. The van der Waals surface area contributed by atoms with Crippen LogP contribution in [0.5, 0.6) is 0 Å². The van der Waals surface area contributed by atoms with Crippen molar-refractivity contribution in [3.05, 3.63) is 60.7 Å². The molecule has 2 aromatic rings. The van der Waals surface area contributed by atoms with Gasteiger partial charge in [0, 0.05) is 5.56 Å². The normalized spacial score (nSPS) is 14.3. The van der Waals surface area contributed by atoms with Crippen molar-refractivity contribution in [2.45, 2.75) is 12.8 Å². The van der Waals surface area contributed by atoms with E-state index < -0.39 is 0 Å². The third kappa shape index (κ3) is 2.20. The van der Waals surface area contributed by atoms with E-state index >= 15 is 0 Å². The number of rotatable bonds is 2. The number of hydrogen-bond acceptors (Lipinski definition) is 3. The molecule has 18 heavy (non-hydrogen) atoms. The van der Waals surface area contributed by atoms with Crippen LogP contribution in [0.15, 0.2) is 55.1 Å². The highest BCUT2D eigenvalue weighted by atomic mass is 15.0. The Balaban J connectivity index is 1.90. The van der Waals surface area contributed by atoms with Crippen LogP contribution in [-0.4, -0.2) is 15.0 Å². The molecule has 0 N–H and O–H groups in total. The van der Waals surface area contributed by atoms with Gasteiger partial charge in [-0.2, -0.15) is 0 Å². The van der Waals surface area contributed by atoms with E-state index in [0.717, 1.165) is 18.4 Å². The lowest BCUT2D eigenvalue weighted by Gasteiger charge is -2.07. The Morgan fingerprint density at radius 3 is 2.22 bits per heavy atom. The van der Waals surface area contributed by atoms with Gasteiger partial charge in [-0.1, -0.05) is 42.5 Å². The van der Waals surface area contributed by atoms with Crippen LogP contribution in [0.25, 0.3) is 17.0 Å². The predicted molar refractivity (Wildman–Crippen MR) is 71.6 cm³/mol. The van der Waals surface area contributed by atoms with Crippen molar-refractivity contribution in [3.8, 4) is 11.4 Å². The Kier molecular flexibility index (Phi) is 2.96. The van der Waals surface area contributed by atoms with Gasteiger partial charge in [0.05, 0.1) is 0 Å². The predicted octanol–water partition coefficient (Wildman–Crippen LogP) is 3.27. The van der Waals surface area contributed by atoms with Crippen molar-refractivity contribution in [2.75, 3.05) is 0 Å². The second-order valence-electron chi connectivity index (χ2n) is 4.18. The Bertz CT molecular complexity index is 583. The van der Waals surface area contributed by atoms with Gasteiger partial charge in [0.2, 0.25) is 0 Å². The van der Waals surface area contributed by atoms with Crippen molar-refractivity contribution in [1.82, 2.24) is 15.0 Å². The summed E-state index contributed by atoms with van der Waals surface area (Å²) in [6.07, 6.45) is 12.0. The van der Waals surface area contributed by atoms with Gasteiger partial charge >= 0.3 is 0 Å². The SMILES string of the molecule is C1=CC(c2ccc(-c3ncncn3)cc2)=CCC1. The molecule has 1 aliphatic rings. The minimum Gasteiger partial charge on any atom is -0.225 e. The van der Waals surface area contributed by atoms with Crippen molar-refractivity contribution in [1.29, 1.82) is 0 Å². The van der Waals surface area contributed by atoms with Crippen molar-refractivity contribution in [2.24, 2.45) is 0 Å². The molecule has 1 aromatic heterocycles. The molecule has 0 aliphatic heterocycles. The zero-order valence-electron chi connectivity index (χ0n) is 9.95. The molecule has 3 rings (SSSR count). The molecule has 1 aromatic carbocycles. The van der Waals surface area contributed by atoms with Crippen LogP contribution in [0.3, 0.4) is 0 Å². The number of aromatic nitrogens is 3. The number of nitrogens with zero attached hydrogens (tertiary/aromatic N) is 3. The van der Waals surface area contributed by atoms with Crippen LogP contribution in [0.2, 0.25) is 0 Å². The van der Waals surface area contributed by atoms with E-state index in [4.69, 9.17) is 0 Å². The van der Waals surface area contributed by atoms with Gasteiger partial charge in [0.15, 0.2) is 5.82 Å². The van der Waals surface area contributed by atoms with Crippen LogP contribution >= 0.6 is 0 Å². The van der Waals surface area contributed by atoms with Gasteiger partial charge in [0.1, 0.15) is 12.7 Å². The molecule has 0 fully saturated rings. The third-order valence-corrected chi connectivity index (χ3v) is 2.96. The summed E-state index contributed by atoms with van der Waals surface area (Å²) in [5.41, 5.74) is 3.55. The molecule has 88 valence electrons. The lowest BCUT2D eigenvalue weighted by atomic mass is 9.98. The van der Waals surface area contributed by atoms with E-state index in [1.807, 2.05) is 12.1 Å². The molecule has 1 aliphatic carbocycles. The topological polar surface area (TPSA) is 38.7 Å². The molecule has 0 spiro atoms. The highest BCUT2D eigenvalue weighted by molar-refractivity contribution is 5.76. The van der Waals surface area contributed by atoms with Crippen molar-refractivity contribution in [3.63, 3.8) is 0 Å². The monoisotopic (exact) mass is 235 g/mol. The van der Waals surface area contributed by atoms with Crippen LogP contribution < -0.4 is 0 Å². The minimum atomic E-state index is 0.713. The molecule has 0 amide bonds. The lowest BCUT2D eigenvalue weighted by molar-refractivity contribution is 1.04.